The molecule has 1 atom stereocenters. The molecule has 3 nitrogen and oxygen atoms in total. The van der Waals surface area contributed by atoms with Crippen molar-refractivity contribution in [2.24, 2.45) is 0 Å². The number of halogens is 1. The molecule has 23 heavy (non-hydrogen) atoms. The molecule has 4 heteroatoms. The first-order chi connectivity index (χ1) is 11.0. The summed E-state index contributed by atoms with van der Waals surface area (Å²) < 4.78 is 3.32. The van der Waals surface area contributed by atoms with Crippen molar-refractivity contribution in [3.8, 4) is 0 Å². The minimum atomic E-state index is -0.482. The van der Waals surface area contributed by atoms with Gasteiger partial charge < -0.3 is 9.67 Å². The predicted molar refractivity (Wildman–Crippen MR) is 98.6 cm³/mol. The van der Waals surface area contributed by atoms with E-state index < -0.39 is 6.23 Å². The summed E-state index contributed by atoms with van der Waals surface area (Å²) in [6.45, 7) is 0.830. The first-order valence-electron chi connectivity index (χ1n) is 7.70. The molecule has 0 radical (unpaired) electrons. The van der Waals surface area contributed by atoms with E-state index in [9.17, 15) is 5.11 Å². The van der Waals surface area contributed by atoms with Crippen molar-refractivity contribution in [3.63, 3.8) is 0 Å². The van der Waals surface area contributed by atoms with Gasteiger partial charge in [-0.2, -0.15) is 0 Å². The highest BCUT2D eigenvalue weighted by Crippen LogP contribution is 2.27. The summed E-state index contributed by atoms with van der Waals surface area (Å²) in [5, 5.41) is 11.4. The van der Waals surface area contributed by atoms with Gasteiger partial charge in [-0.15, -0.1) is 0 Å². The lowest BCUT2D eigenvalue weighted by Gasteiger charge is -2.17. The van der Waals surface area contributed by atoms with Crippen LogP contribution in [0, 0.1) is 0 Å². The molecular weight excluding hydrogens is 352 g/mol. The summed E-state index contributed by atoms with van der Waals surface area (Å²) in [5.74, 6) is 0. The Hall–Kier alpha value is -1.62. The molecule has 0 spiro atoms. The molecule has 3 rings (SSSR count). The molecule has 0 bridgehead atoms. The molecule has 0 aliphatic rings. The number of fused-ring (bicyclic) bond motifs is 1. The maximum atomic E-state index is 10.2. The van der Waals surface area contributed by atoms with Gasteiger partial charge in [-0.25, -0.2) is 0 Å². The highest BCUT2D eigenvalue weighted by molar-refractivity contribution is 9.10. The van der Waals surface area contributed by atoms with Crippen LogP contribution in [-0.4, -0.2) is 34.9 Å². The van der Waals surface area contributed by atoms with Gasteiger partial charge in [0.15, 0.2) is 0 Å². The molecule has 0 amide bonds. The van der Waals surface area contributed by atoms with Crippen LogP contribution in [0.2, 0.25) is 0 Å². The van der Waals surface area contributed by atoms with E-state index >= 15 is 0 Å². The summed E-state index contributed by atoms with van der Waals surface area (Å²) in [5.41, 5.74) is 3.63. The van der Waals surface area contributed by atoms with Crippen LogP contribution < -0.4 is 0 Å². The minimum absolute atomic E-state index is 0.482. The highest BCUT2D eigenvalue weighted by atomic mass is 79.9. The van der Waals surface area contributed by atoms with Crippen molar-refractivity contribution >= 4 is 26.8 Å². The van der Waals surface area contributed by atoms with Crippen molar-refractivity contribution in [2.75, 3.05) is 14.1 Å². The number of hydrogen-bond donors (Lipinski definition) is 1. The fourth-order valence-electron chi connectivity index (χ4n) is 2.80. The summed E-state index contributed by atoms with van der Waals surface area (Å²) in [6.07, 6.45) is 2.29. The van der Waals surface area contributed by atoms with E-state index in [4.69, 9.17) is 0 Å². The van der Waals surface area contributed by atoms with Gasteiger partial charge in [0.25, 0.3) is 0 Å². The Balaban J connectivity index is 2.01. The van der Waals surface area contributed by atoms with Gasteiger partial charge in [0.05, 0.1) is 0 Å². The molecule has 1 unspecified atom stereocenters. The van der Waals surface area contributed by atoms with E-state index in [1.165, 1.54) is 22.0 Å². The maximum Gasteiger partial charge on any atom is 0.111 e. The quantitative estimate of drug-likeness (QED) is 0.688. The minimum Gasteiger partial charge on any atom is -0.378 e. The van der Waals surface area contributed by atoms with Crippen LogP contribution in [0.1, 0.15) is 11.1 Å². The van der Waals surface area contributed by atoms with E-state index in [0.29, 0.717) is 6.42 Å². The number of aromatic nitrogens is 1. The van der Waals surface area contributed by atoms with Gasteiger partial charge in [0, 0.05) is 34.5 Å². The monoisotopic (exact) mass is 372 g/mol. The molecule has 0 fully saturated rings. The lowest BCUT2D eigenvalue weighted by Crippen LogP contribution is -2.29. The normalized spacial score (nSPS) is 12.9. The molecule has 2 aromatic carbocycles. The maximum absolute atomic E-state index is 10.2. The van der Waals surface area contributed by atoms with Gasteiger partial charge in [-0.3, -0.25) is 4.90 Å². The van der Waals surface area contributed by atoms with Gasteiger partial charge in [-0.1, -0.05) is 46.3 Å². The molecule has 120 valence electrons. The largest absolute Gasteiger partial charge is 0.378 e. The summed E-state index contributed by atoms with van der Waals surface area (Å²) in [7, 11) is 3.79. The van der Waals surface area contributed by atoms with Crippen molar-refractivity contribution in [3.05, 3.63) is 70.3 Å². The van der Waals surface area contributed by atoms with Crippen molar-refractivity contribution in [2.45, 2.75) is 19.2 Å². The lowest BCUT2D eigenvalue weighted by molar-refractivity contribution is 0.0415. The Morgan fingerprint density at radius 2 is 1.87 bits per heavy atom. The zero-order valence-electron chi connectivity index (χ0n) is 13.4. The lowest BCUT2D eigenvalue weighted by atomic mass is 10.1. The molecule has 1 heterocycles. The standard InChI is InChI=1S/C19H21BrN2O/c1-21(2)19(23)10-15-13-22(12-14-6-4-3-5-7-14)18-9-8-16(20)11-17(15)18/h3-9,11,13,19,23H,10,12H2,1-2H3. The smallest absolute Gasteiger partial charge is 0.111 e. The molecular formula is C19H21BrN2O. The Morgan fingerprint density at radius 3 is 2.57 bits per heavy atom. The van der Waals surface area contributed by atoms with Crippen LogP contribution in [0.15, 0.2) is 59.2 Å². The Labute approximate surface area is 145 Å². The third-order valence-corrected chi connectivity index (χ3v) is 4.61. The second kappa shape index (κ2) is 6.87. The third kappa shape index (κ3) is 3.66. The van der Waals surface area contributed by atoms with E-state index in [1.807, 2.05) is 25.1 Å². The van der Waals surface area contributed by atoms with Crippen LogP contribution in [0.3, 0.4) is 0 Å². The van der Waals surface area contributed by atoms with E-state index in [2.05, 4.69) is 69.2 Å². The summed E-state index contributed by atoms with van der Waals surface area (Å²) in [4.78, 5) is 1.83. The first-order valence-corrected chi connectivity index (χ1v) is 8.49. The first kappa shape index (κ1) is 16.2. The van der Waals surface area contributed by atoms with Gasteiger partial charge in [0.1, 0.15) is 6.23 Å². The van der Waals surface area contributed by atoms with E-state index in [-0.39, 0.29) is 0 Å². The molecule has 1 aromatic heterocycles. The fourth-order valence-corrected chi connectivity index (χ4v) is 3.16. The average molecular weight is 373 g/mol. The zero-order valence-corrected chi connectivity index (χ0v) is 15.0. The van der Waals surface area contributed by atoms with Crippen LogP contribution in [0.4, 0.5) is 0 Å². The molecule has 0 aliphatic heterocycles. The molecule has 0 saturated heterocycles. The molecule has 1 N–H and O–H groups in total. The predicted octanol–water partition coefficient (Wildman–Crippen LogP) is 3.87. The van der Waals surface area contributed by atoms with Crippen LogP contribution in [0.25, 0.3) is 10.9 Å². The average Bonchev–Trinajstić information content (AvgIpc) is 2.85. The van der Waals surface area contributed by atoms with Gasteiger partial charge in [0.2, 0.25) is 0 Å². The number of aliphatic hydroxyl groups excluding tert-OH is 1. The number of rotatable bonds is 5. The van der Waals surface area contributed by atoms with Crippen LogP contribution in [0.5, 0.6) is 0 Å². The molecule has 0 saturated carbocycles. The number of likely N-dealkylation sites (N-methyl/N-ethyl adjacent to an activating group) is 1. The number of aliphatic hydroxyl groups is 1. The van der Waals surface area contributed by atoms with E-state index in [1.54, 1.807) is 0 Å². The summed E-state index contributed by atoms with van der Waals surface area (Å²) in [6, 6.07) is 16.8. The molecule has 3 aromatic rings. The van der Waals surface area contributed by atoms with Crippen LogP contribution >= 0.6 is 15.9 Å². The fraction of sp³-hybridized carbons (Fsp3) is 0.263. The SMILES string of the molecule is CN(C)C(O)Cc1cn(Cc2ccccc2)c2ccc(Br)cc12. The zero-order chi connectivity index (χ0) is 16.4. The number of nitrogens with zero attached hydrogens (tertiary/aromatic N) is 2. The molecule has 0 aliphatic carbocycles. The van der Waals surface area contributed by atoms with Crippen LogP contribution in [-0.2, 0) is 13.0 Å². The second-order valence-corrected chi connectivity index (χ2v) is 6.99. The highest BCUT2D eigenvalue weighted by Gasteiger charge is 2.14. The Morgan fingerprint density at radius 1 is 1.13 bits per heavy atom. The topological polar surface area (TPSA) is 28.4 Å². The summed E-state index contributed by atoms with van der Waals surface area (Å²) >= 11 is 3.56. The number of benzene rings is 2. The number of hydrogen-bond acceptors (Lipinski definition) is 2. The second-order valence-electron chi connectivity index (χ2n) is 6.08. The van der Waals surface area contributed by atoms with Gasteiger partial charge >= 0.3 is 0 Å². The van der Waals surface area contributed by atoms with Crippen molar-refractivity contribution in [1.82, 2.24) is 9.47 Å². The Kier molecular flexibility index (Phi) is 4.85. The third-order valence-electron chi connectivity index (χ3n) is 4.12. The van der Waals surface area contributed by atoms with Gasteiger partial charge in [-0.05, 0) is 43.4 Å². The Bertz CT molecular complexity index is 796. The van der Waals surface area contributed by atoms with Crippen molar-refractivity contribution in [1.29, 1.82) is 0 Å². The van der Waals surface area contributed by atoms with E-state index in [0.717, 1.165) is 11.0 Å². The van der Waals surface area contributed by atoms with Crippen molar-refractivity contribution < 1.29 is 5.11 Å².